The van der Waals surface area contributed by atoms with E-state index in [0.29, 0.717) is 11.1 Å². The molecule has 0 spiro atoms. The van der Waals surface area contributed by atoms with E-state index in [1.165, 1.54) is 6.07 Å². The van der Waals surface area contributed by atoms with Crippen molar-refractivity contribution >= 4 is 5.78 Å². The van der Waals surface area contributed by atoms with Crippen LogP contribution in [0.4, 0.5) is 0 Å². The second-order valence-corrected chi connectivity index (χ2v) is 3.21. The number of carbonyl (C=O) groups is 1. The number of rotatable bonds is 2. The molecule has 0 bridgehead atoms. The fourth-order valence-corrected chi connectivity index (χ4v) is 1.41. The number of phenolic OH excluding ortho intramolecular Hbond substituents is 1. The molecule has 2 aromatic carbocycles. The Bertz CT molecular complexity index is 495. The van der Waals surface area contributed by atoms with E-state index in [0.717, 1.165) is 0 Å². The number of hydrogen-bond donors (Lipinski definition) is 1. The molecule has 0 fully saturated rings. The van der Waals surface area contributed by atoms with Crippen LogP contribution in [-0.2, 0) is 21.7 Å². The molecule has 0 aliphatic heterocycles. The summed E-state index contributed by atoms with van der Waals surface area (Å²) in [7, 11) is 0. The summed E-state index contributed by atoms with van der Waals surface area (Å²) < 4.78 is 0. The molecule has 0 saturated carbocycles. The summed E-state index contributed by atoms with van der Waals surface area (Å²) in [6, 6.07) is 15.5. The predicted octanol–water partition coefficient (Wildman–Crippen LogP) is -9.36. The summed E-state index contributed by atoms with van der Waals surface area (Å²) in [4.78, 5) is 11.9. The standard InChI is InChI=1S/C13H10O2.4ClH.Ti/c14-12-9-5-4-8-11(12)13(15)10-6-2-1-3-7-10;;;;;/h1-9,14H;4*1H;/q;;;;;+4/p-4. The van der Waals surface area contributed by atoms with E-state index in [2.05, 4.69) is 0 Å². The van der Waals surface area contributed by atoms with Gasteiger partial charge in [-0.1, -0.05) is 42.5 Å². The van der Waals surface area contributed by atoms with Gasteiger partial charge in [0.2, 0.25) is 0 Å². The van der Waals surface area contributed by atoms with Gasteiger partial charge in [-0.05, 0) is 12.1 Å². The van der Waals surface area contributed by atoms with Crippen molar-refractivity contribution in [1.82, 2.24) is 0 Å². The van der Waals surface area contributed by atoms with Gasteiger partial charge in [0.05, 0.1) is 5.56 Å². The summed E-state index contributed by atoms with van der Waals surface area (Å²) in [5, 5.41) is 9.52. The Morgan fingerprint density at radius 1 is 0.750 bits per heavy atom. The normalized spacial score (nSPS) is 7.40. The van der Waals surface area contributed by atoms with Crippen molar-refractivity contribution in [2.45, 2.75) is 0 Å². The van der Waals surface area contributed by atoms with E-state index < -0.39 is 0 Å². The van der Waals surface area contributed by atoms with E-state index in [4.69, 9.17) is 0 Å². The Balaban J connectivity index is -0.000000256. The Kier molecular flexibility index (Phi) is 19.3. The number of para-hydroxylation sites is 1. The maximum Gasteiger partial charge on any atom is 4.00 e. The van der Waals surface area contributed by atoms with Gasteiger partial charge in [-0.25, -0.2) is 0 Å². The van der Waals surface area contributed by atoms with E-state index in [9.17, 15) is 9.90 Å². The van der Waals surface area contributed by atoms with Crippen LogP contribution in [0.25, 0.3) is 0 Å². The third-order valence-electron chi connectivity index (χ3n) is 2.18. The summed E-state index contributed by atoms with van der Waals surface area (Å²) in [5.74, 6) is -0.139. The van der Waals surface area contributed by atoms with Crippen LogP contribution in [0.5, 0.6) is 5.75 Å². The number of benzene rings is 2. The average Bonchev–Trinajstić information content (AvgIpc) is 2.30. The molecule has 2 nitrogen and oxygen atoms in total. The van der Waals surface area contributed by atoms with Gasteiger partial charge < -0.3 is 54.7 Å². The van der Waals surface area contributed by atoms with Crippen LogP contribution >= 0.6 is 0 Å². The predicted molar refractivity (Wildman–Crippen MR) is 58.0 cm³/mol. The second kappa shape index (κ2) is 13.8. The molecule has 7 heteroatoms. The van der Waals surface area contributed by atoms with Crippen molar-refractivity contribution in [3.63, 3.8) is 0 Å². The zero-order valence-corrected chi connectivity index (χ0v) is 14.6. The van der Waals surface area contributed by atoms with Gasteiger partial charge in [0.25, 0.3) is 0 Å². The number of halogens is 4. The van der Waals surface area contributed by atoms with Crippen molar-refractivity contribution in [3.05, 3.63) is 65.7 Å². The maximum atomic E-state index is 11.9. The summed E-state index contributed by atoms with van der Waals surface area (Å²) in [6.07, 6.45) is 0. The van der Waals surface area contributed by atoms with E-state index in [1.54, 1.807) is 42.5 Å². The third-order valence-corrected chi connectivity index (χ3v) is 2.18. The molecule has 0 atom stereocenters. The molecule has 0 radical (unpaired) electrons. The summed E-state index contributed by atoms with van der Waals surface area (Å²) in [6.45, 7) is 0. The maximum absolute atomic E-state index is 11.9. The van der Waals surface area contributed by atoms with Crippen LogP contribution in [0.2, 0.25) is 0 Å². The first-order valence-corrected chi connectivity index (χ1v) is 4.67. The minimum absolute atomic E-state index is 0. The van der Waals surface area contributed by atoms with Gasteiger partial charge in [0.1, 0.15) is 5.75 Å². The van der Waals surface area contributed by atoms with Crippen molar-refractivity contribution in [3.8, 4) is 5.75 Å². The molecule has 0 aromatic heterocycles. The largest absolute Gasteiger partial charge is 4.00 e. The molecule has 2 rings (SSSR count). The van der Waals surface area contributed by atoms with Crippen molar-refractivity contribution < 1.29 is 81.2 Å². The monoisotopic (exact) mass is 386 g/mol. The minimum Gasteiger partial charge on any atom is -1.00 e. The fraction of sp³-hybridized carbons (Fsp3) is 0. The van der Waals surface area contributed by atoms with Crippen LogP contribution in [0, 0.1) is 0 Å². The van der Waals surface area contributed by atoms with Crippen LogP contribution in [0.3, 0.4) is 0 Å². The number of hydrogen-bond acceptors (Lipinski definition) is 2. The molecule has 0 aliphatic rings. The van der Waals surface area contributed by atoms with Gasteiger partial charge in [-0.3, -0.25) is 4.79 Å². The molecule has 0 amide bonds. The Hall–Kier alpha value is -0.216. The van der Waals surface area contributed by atoms with Crippen LogP contribution in [0.1, 0.15) is 15.9 Å². The zero-order valence-electron chi connectivity index (χ0n) is 10.1. The van der Waals surface area contributed by atoms with E-state index >= 15 is 0 Å². The topological polar surface area (TPSA) is 37.3 Å². The average molecular weight is 388 g/mol. The van der Waals surface area contributed by atoms with E-state index in [-0.39, 0.29) is 82.9 Å². The molecular formula is C13H10Cl4O2Ti. The minimum atomic E-state index is -0.159. The molecule has 0 heterocycles. The number of aromatic hydroxyl groups is 1. The fourth-order valence-electron chi connectivity index (χ4n) is 1.41. The second-order valence-electron chi connectivity index (χ2n) is 3.21. The molecule has 1 N–H and O–H groups in total. The molecular weight excluding hydrogens is 378 g/mol. The summed E-state index contributed by atoms with van der Waals surface area (Å²) >= 11 is 0. The SMILES string of the molecule is O=C(c1ccccc1)c1ccccc1O.[Cl-].[Cl-].[Cl-].[Cl-].[Ti+4]. The zero-order chi connectivity index (χ0) is 10.7. The number of phenols is 1. The van der Waals surface area contributed by atoms with Crippen LogP contribution in [0.15, 0.2) is 54.6 Å². The first-order chi connectivity index (χ1) is 7.29. The first kappa shape index (κ1) is 28.0. The Labute approximate surface area is 157 Å². The molecule has 0 saturated heterocycles. The van der Waals surface area contributed by atoms with Crippen molar-refractivity contribution in [2.75, 3.05) is 0 Å². The van der Waals surface area contributed by atoms with Crippen molar-refractivity contribution in [1.29, 1.82) is 0 Å². The molecule has 106 valence electrons. The van der Waals surface area contributed by atoms with Crippen molar-refractivity contribution in [2.24, 2.45) is 0 Å². The smallest absolute Gasteiger partial charge is 1.00 e. The van der Waals surface area contributed by atoms with Gasteiger partial charge in [0.15, 0.2) is 5.78 Å². The third kappa shape index (κ3) is 6.98. The quantitative estimate of drug-likeness (QED) is 0.410. The molecule has 2 aromatic rings. The van der Waals surface area contributed by atoms with Gasteiger partial charge in [-0.15, -0.1) is 0 Å². The Morgan fingerprint density at radius 3 is 1.70 bits per heavy atom. The van der Waals surface area contributed by atoms with Gasteiger partial charge in [0, 0.05) is 5.56 Å². The number of ketones is 1. The number of carbonyl (C=O) groups excluding carboxylic acids is 1. The molecule has 0 aliphatic carbocycles. The first-order valence-electron chi connectivity index (χ1n) is 4.67. The summed E-state index contributed by atoms with van der Waals surface area (Å²) in [5.41, 5.74) is 0.919. The molecule has 20 heavy (non-hydrogen) atoms. The van der Waals surface area contributed by atoms with E-state index in [1.807, 2.05) is 6.07 Å². The Morgan fingerprint density at radius 2 is 1.20 bits per heavy atom. The van der Waals surface area contributed by atoms with Gasteiger partial charge in [-0.2, -0.15) is 0 Å². The molecule has 0 unspecified atom stereocenters. The van der Waals surface area contributed by atoms with Crippen LogP contribution in [-0.4, -0.2) is 10.9 Å². The van der Waals surface area contributed by atoms with Crippen LogP contribution < -0.4 is 49.6 Å². The van der Waals surface area contributed by atoms with Gasteiger partial charge >= 0.3 is 21.7 Å².